The SMILES string of the molecule is Cc1sc(NC(=O)Cc2ccccc2)nc1-c1ccc2c(c1)N(C)C(=O)CO2. The third kappa shape index (κ3) is 3.61. The third-order valence-electron chi connectivity index (χ3n) is 4.57. The second kappa shape index (κ2) is 7.44. The van der Waals surface area contributed by atoms with Gasteiger partial charge in [-0.3, -0.25) is 9.59 Å². The van der Waals surface area contributed by atoms with Gasteiger partial charge in [0.25, 0.3) is 5.91 Å². The number of hydrogen-bond acceptors (Lipinski definition) is 5. The Kier molecular flexibility index (Phi) is 4.83. The monoisotopic (exact) mass is 393 g/mol. The molecule has 0 bridgehead atoms. The zero-order chi connectivity index (χ0) is 19.7. The van der Waals surface area contributed by atoms with Gasteiger partial charge in [-0.25, -0.2) is 4.98 Å². The van der Waals surface area contributed by atoms with Gasteiger partial charge in [0.2, 0.25) is 5.91 Å². The molecule has 7 heteroatoms. The molecule has 1 aromatic heterocycles. The van der Waals surface area contributed by atoms with E-state index < -0.39 is 0 Å². The van der Waals surface area contributed by atoms with E-state index in [-0.39, 0.29) is 18.4 Å². The molecular formula is C21H19N3O3S. The van der Waals surface area contributed by atoms with Crippen molar-refractivity contribution in [2.24, 2.45) is 0 Å². The van der Waals surface area contributed by atoms with Gasteiger partial charge in [0, 0.05) is 17.5 Å². The Balaban J connectivity index is 1.55. The molecule has 4 rings (SSSR count). The summed E-state index contributed by atoms with van der Waals surface area (Å²) >= 11 is 1.43. The molecule has 28 heavy (non-hydrogen) atoms. The molecule has 2 amide bonds. The number of aromatic nitrogens is 1. The van der Waals surface area contributed by atoms with Crippen molar-refractivity contribution in [3.63, 3.8) is 0 Å². The minimum absolute atomic E-state index is 0.0518. The van der Waals surface area contributed by atoms with Gasteiger partial charge in [0.1, 0.15) is 5.75 Å². The third-order valence-corrected chi connectivity index (χ3v) is 5.46. The van der Waals surface area contributed by atoms with Crippen molar-refractivity contribution < 1.29 is 14.3 Å². The maximum atomic E-state index is 12.3. The van der Waals surface area contributed by atoms with Crippen molar-refractivity contribution in [2.45, 2.75) is 13.3 Å². The molecule has 1 aliphatic heterocycles. The highest BCUT2D eigenvalue weighted by Gasteiger charge is 2.23. The molecule has 0 spiro atoms. The molecule has 2 aromatic carbocycles. The first-order valence-corrected chi connectivity index (χ1v) is 9.68. The van der Waals surface area contributed by atoms with Crippen molar-refractivity contribution in [3.8, 4) is 17.0 Å². The maximum absolute atomic E-state index is 12.3. The fourth-order valence-corrected chi connectivity index (χ4v) is 3.93. The van der Waals surface area contributed by atoms with Gasteiger partial charge < -0.3 is 15.0 Å². The van der Waals surface area contributed by atoms with Crippen LogP contribution in [0.15, 0.2) is 48.5 Å². The van der Waals surface area contributed by atoms with Gasteiger partial charge in [0.15, 0.2) is 11.7 Å². The lowest BCUT2D eigenvalue weighted by Crippen LogP contribution is -2.35. The molecular weight excluding hydrogens is 374 g/mol. The highest BCUT2D eigenvalue weighted by atomic mass is 32.1. The van der Waals surface area contributed by atoms with Gasteiger partial charge in [-0.15, -0.1) is 11.3 Å². The van der Waals surface area contributed by atoms with Crippen LogP contribution in [0.25, 0.3) is 11.3 Å². The summed E-state index contributed by atoms with van der Waals surface area (Å²) in [6.07, 6.45) is 0.303. The summed E-state index contributed by atoms with van der Waals surface area (Å²) in [6.45, 7) is 2.01. The fraction of sp³-hybridized carbons (Fsp3) is 0.190. The fourth-order valence-electron chi connectivity index (χ4n) is 3.08. The maximum Gasteiger partial charge on any atom is 0.264 e. The number of hydrogen-bond donors (Lipinski definition) is 1. The van der Waals surface area contributed by atoms with E-state index in [1.807, 2.05) is 55.5 Å². The van der Waals surface area contributed by atoms with Gasteiger partial charge >= 0.3 is 0 Å². The molecule has 0 fully saturated rings. The topological polar surface area (TPSA) is 71.5 Å². The molecule has 1 aliphatic rings. The van der Waals surface area contributed by atoms with Crippen molar-refractivity contribution in [1.29, 1.82) is 0 Å². The number of benzene rings is 2. The van der Waals surface area contributed by atoms with Gasteiger partial charge in [-0.1, -0.05) is 30.3 Å². The van der Waals surface area contributed by atoms with Crippen LogP contribution in [0.5, 0.6) is 5.75 Å². The van der Waals surface area contributed by atoms with Crippen LogP contribution < -0.4 is 15.0 Å². The molecule has 0 saturated heterocycles. The van der Waals surface area contributed by atoms with Crippen molar-refractivity contribution in [3.05, 3.63) is 59.0 Å². The molecule has 0 aliphatic carbocycles. The number of fused-ring (bicyclic) bond motifs is 1. The van der Waals surface area contributed by atoms with E-state index in [1.54, 1.807) is 11.9 Å². The van der Waals surface area contributed by atoms with E-state index in [4.69, 9.17) is 4.74 Å². The summed E-state index contributed by atoms with van der Waals surface area (Å²) in [4.78, 5) is 31.4. The minimum Gasteiger partial charge on any atom is -0.482 e. The van der Waals surface area contributed by atoms with Crippen LogP contribution in [0, 0.1) is 6.92 Å². The van der Waals surface area contributed by atoms with Crippen LogP contribution in [0.2, 0.25) is 0 Å². The van der Waals surface area contributed by atoms with Crippen molar-refractivity contribution >= 4 is 34.0 Å². The number of anilines is 2. The first kappa shape index (κ1) is 18.2. The number of likely N-dealkylation sites (N-methyl/N-ethyl adjacent to an activating group) is 1. The van der Waals surface area contributed by atoms with Crippen LogP contribution in [-0.2, 0) is 16.0 Å². The minimum atomic E-state index is -0.101. The van der Waals surface area contributed by atoms with Crippen molar-refractivity contribution in [1.82, 2.24) is 4.98 Å². The molecule has 0 atom stereocenters. The number of nitrogens with one attached hydrogen (secondary N) is 1. The normalized spacial score (nSPS) is 13.1. The predicted octanol–water partition coefficient (Wildman–Crippen LogP) is 3.65. The van der Waals surface area contributed by atoms with Gasteiger partial charge in [-0.05, 0) is 30.7 Å². The number of rotatable bonds is 4. The molecule has 2 heterocycles. The second-order valence-corrected chi connectivity index (χ2v) is 7.76. The summed E-state index contributed by atoms with van der Waals surface area (Å²) in [6, 6.07) is 15.2. The highest BCUT2D eigenvalue weighted by Crippen LogP contribution is 2.37. The smallest absolute Gasteiger partial charge is 0.264 e. The Bertz CT molecular complexity index is 1050. The summed E-state index contributed by atoms with van der Waals surface area (Å²) in [7, 11) is 1.73. The number of carbonyl (C=O) groups is 2. The number of aryl methyl sites for hydroxylation is 1. The van der Waals surface area contributed by atoms with E-state index in [0.29, 0.717) is 17.3 Å². The molecule has 0 radical (unpaired) electrons. The van der Waals surface area contributed by atoms with Gasteiger partial charge in [0.05, 0.1) is 17.8 Å². The Morgan fingerprint density at radius 2 is 2.04 bits per heavy atom. The number of nitrogens with zero attached hydrogens (tertiary/aromatic N) is 2. The first-order chi connectivity index (χ1) is 13.5. The standard InChI is InChI=1S/C21H19N3O3S/c1-13-20(15-8-9-17-16(11-15)24(2)19(26)12-27-17)23-21(28-13)22-18(25)10-14-6-4-3-5-7-14/h3-9,11H,10,12H2,1-2H3,(H,22,23,25). The van der Waals surface area contributed by atoms with Gasteiger partial charge in [-0.2, -0.15) is 0 Å². The molecule has 142 valence electrons. The number of amides is 2. The Hall–Kier alpha value is -3.19. The Morgan fingerprint density at radius 1 is 1.25 bits per heavy atom. The van der Waals surface area contributed by atoms with Crippen LogP contribution >= 0.6 is 11.3 Å². The number of carbonyl (C=O) groups excluding carboxylic acids is 2. The second-order valence-electron chi connectivity index (χ2n) is 6.56. The Labute approximate surface area is 166 Å². The van der Waals surface area contributed by atoms with Crippen LogP contribution in [-0.4, -0.2) is 30.5 Å². The Morgan fingerprint density at radius 3 is 2.82 bits per heavy atom. The molecule has 0 unspecified atom stereocenters. The van der Waals surface area contributed by atoms with Crippen molar-refractivity contribution in [2.75, 3.05) is 23.9 Å². The summed E-state index contributed by atoms with van der Waals surface area (Å²) in [5, 5.41) is 3.44. The number of thiazole rings is 1. The van der Waals surface area contributed by atoms with E-state index in [1.165, 1.54) is 11.3 Å². The molecule has 0 saturated carbocycles. The van der Waals surface area contributed by atoms with E-state index >= 15 is 0 Å². The number of ether oxygens (including phenoxy) is 1. The largest absolute Gasteiger partial charge is 0.482 e. The quantitative estimate of drug-likeness (QED) is 0.734. The lowest BCUT2D eigenvalue weighted by molar-refractivity contribution is -0.121. The average Bonchev–Trinajstić information content (AvgIpc) is 3.05. The van der Waals surface area contributed by atoms with E-state index in [2.05, 4.69) is 10.3 Å². The first-order valence-electron chi connectivity index (χ1n) is 8.86. The zero-order valence-electron chi connectivity index (χ0n) is 15.6. The van der Waals surface area contributed by atoms with E-state index in [0.717, 1.165) is 27.4 Å². The van der Waals surface area contributed by atoms with Crippen LogP contribution in [0.4, 0.5) is 10.8 Å². The lowest BCUT2D eigenvalue weighted by Gasteiger charge is -2.26. The van der Waals surface area contributed by atoms with Crippen LogP contribution in [0.3, 0.4) is 0 Å². The molecule has 1 N–H and O–H groups in total. The summed E-state index contributed by atoms with van der Waals surface area (Å²) in [5.41, 5.74) is 3.34. The zero-order valence-corrected chi connectivity index (χ0v) is 16.4. The predicted molar refractivity (Wildman–Crippen MR) is 110 cm³/mol. The molecule has 6 nitrogen and oxygen atoms in total. The summed E-state index contributed by atoms with van der Waals surface area (Å²) in [5.74, 6) is 0.485. The summed E-state index contributed by atoms with van der Waals surface area (Å²) < 4.78 is 5.48. The lowest BCUT2D eigenvalue weighted by atomic mass is 10.1. The van der Waals surface area contributed by atoms with E-state index in [9.17, 15) is 9.59 Å². The van der Waals surface area contributed by atoms with Crippen LogP contribution in [0.1, 0.15) is 10.4 Å². The average molecular weight is 393 g/mol. The highest BCUT2D eigenvalue weighted by molar-refractivity contribution is 7.16. The molecule has 3 aromatic rings.